The van der Waals surface area contributed by atoms with Crippen LogP contribution in [0.3, 0.4) is 0 Å². The van der Waals surface area contributed by atoms with Crippen LogP contribution in [0, 0.1) is 0 Å². The van der Waals surface area contributed by atoms with E-state index in [0.29, 0.717) is 18.5 Å². The van der Waals surface area contributed by atoms with Crippen molar-refractivity contribution in [2.75, 3.05) is 39.9 Å². The summed E-state index contributed by atoms with van der Waals surface area (Å²) in [6.45, 7) is 7.58. The van der Waals surface area contributed by atoms with Gasteiger partial charge in [0.15, 0.2) is 5.96 Å². The summed E-state index contributed by atoms with van der Waals surface area (Å²) in [5, 5.41) is 6.92. The van der Waals surface area contributed by atoms with E-state index in [2.05, 4.69) is 27.4 Å². The molecule has 0 saturated carbocycles. The molecule has 2 N–H and O–H groups in total. The zero-order chi connectivity index (χ0) is 20.3. The van der Waals surface area contributed by atoms with E-state index in [1.807, 2.05) is 30.3 Å². The van der Waals surface area contributed by atoms with E-state index in [9.17, 15) is 0 Å². The Balaban J connectivity index is 0.00000320. The largest absolute Gasteiger partial charge is 0.444 e. The Bertz CT molecular complexity index is 745. The molecule has 7 nitrogen and oxygen atoms in total. The van der Waals surface area contributed by atoms with Crippen LogP contribution >= 0.6 is 24.0 Å². The van der Waals surface area contributed by atoms with Crippen molar-refractivity contribution in [1.82, 2.24) is 20.5 Å². The van der Waals surface area contributed by atoms with Crippen LogP contribution in [0.15, 0.2) is 46.0 Å². The lowest BCUT2D eigenvalue weighted by atomic mass is 10.1. The number of aliphatic imine (C=N–C) groups is 1. The van der Waals surface area contributed by atoms with Crippen LogP contribution in [0.25, 0.3) is 11.5 Å². The van der Waals surface area contributed by atoms with Crippen molar-refractivity contribution in [3.63, 3.8) is 0 Å². The molecular formula is C22H34IN5O2. The minimum Gasteiger partial charge on any atom is -0.444 e. The molecule has 30 heavy (non-hydrogen) atoms. The number of piperidine rings is 1. The number of halogens is 1. The van der Waals surface area contributed by atoms with Crippen LogP contribution in [-0.2, 0) is 11.3 Å². The van der Waals surface area contributed by atoms with Crippen molar-refractivity contribution < 1.29 is 9.15 Å². The number of oxazole rings is 1. The summed E-state index contributed by atoms with van der Waals surface area (Å²) in [6.07, 6.45) is 5.04. The van der Waals surface area contributed by atoms with Gasteiger partial charge in [-0.2, -0.15) is 0 Å². The molecule has 1 saturated heterocycles. The lowest BCUT2D eigenvalue weighted by Crippen LogP contribution is -2.48. The molecule has 0 aliphatic carbocycles. The van der Waals surface area contributed by atoms with Crippen molar-refractivity contribution in [3.8, 4) is 11.5 Å². The summed E-state index contributed by atoms with van der Waals surface area (Å²) < 4.78 is 10.8. The monoisotopic (exact) mass is 527 g/mol. The highest BCUT2D eigenvalue weighted by Crippen LogP contribution is 2.18. The second-order valence-electron chi connectivity index (χ2n) is 7.31. The lowest BCUT2D eigenvalue weighted by molar-refractivity contribution is 0.155. The third kappa shape index (κ3) is 7.88. The molecule has 0 radical (unpaired) electrons. The Morgan fingerprint density at radius 3 is 2.73 bits per heavy atom. The van der Waals surface area contributed by atoms with E-state index in [-0.39, 0.29) is 24.0 Å². The fraction of sp³-hybridized carbons (Fsp3) is 0.545. The van der Waals surface area contributed by atoms with Crippen molar-refractivity contribution in [3.05, 3.63) is 42.3 Å². The molecular weight excluding hydrogens is 493 g/mol. The van der Waals surface area contributed by atoms with Gasteiger partial charge in [-0.25, -0.2) is 9.98 Å². The number of ether oxygens (including phenoxy) is 1. The van der Waals surface area contributed by atoms with Crippen molar-refractivity contribution in [2.24, 2.45) is 4.99 Å². The summed E-state index contributed by atoms with van der Waals surface area (Å²) in [5.74, 6) is 1.48. The second-order valence-corrected chi connectivity index (χ2v) is 7.31. The highest BCUT2D eigenvalue weighted by atomic mass is 127. The minimum atomic E-state index is 0. The van der Waals surface area contributed by atoms with Crippen LogP contribution in [0.4, 0.5) is 0 Å². The summed E-state index contributed by atoms with van der Waals surface area (Å²) in [4.78, 5) is 11.8. The molecule has 8 heteroatoms. The molecule has 2 aromatic rings. The standard InChI is InChI=1S/C22H33N5O2.HI/c1-3-23-22(26-19-10-13-27(14-11-19)12-7-15-28-2)24-16-20-17-29-21(25-20)18-8-5-4-6-9-18;/h4-6,8-9,17,19H,3,7,10-16H2,1-2H3,(H2,23,24,26);1H. The Morgan fingerprint density at radius 2 is 2.03 bits per heavy atom. The van der Waals surface area contributed by atoms with Gasteiger partial charge in [-0.15, -0.1) is 24.0 Å². The normalized spacial score (nSPS) is 15.6. The maximum absolute atomic E-state index is 5.61. The van der Waals surface area contributed by atoms with E-state index in [1.54, 1.807) is 13.4 Å². The Kier molecular flexibility index (Phi) is 11.2. The average Bonchev–Trinajstić information content (AvgIpc) is 3.23. The van der Waals surface area contributed by atoms with Gasteiger partial charge in [0.25, 0.3) is 0 Å². The molecule has 1 aromatic carbocycles. The number of nitrogens with one attached hydrogen (secondary N) is 2. The maximum atomic E-state index is 5.61. The molecule has 0 bridgehead atoms. The topological polar surface area (TPSA) is 74.9 Å². The minimum absolute atomic E-state index is 0. The van der Waals surface area contributed by atoms with Crippen LogP contribution in [0.2, 0.25) is 0 Å². The van der Waals surface area contributed by atoms with Gasteiger partial charge >= 0.3 is 0 Å². The van der Waals surface area contributed by atoms with Gasteiger partial charge in [0.1, 0.15) is 12.0 Å². The smallest absolute Gasteiger partial charge is 0.226 e. The van der Waals surface area contributed by atoms with E-state index in [1.165, 1.54) is 0 Å². The average molecular weight is 527 g/mol. The Morgan fingerprint density at radius 1 is 1.27 bits per heavy atom. The molecule has 1 aliphatic heterocycles. The van der Waals surface area contributed by atoms with Crippen LogP contribution < -0.4 is 10.6 Å². The zero-order valence-electron chi connectivity index (χ0n) is 18.0. The van der Waals surface area contributed by atoms with Crippen molar-refractivity contribution in [2.45, 2.75) is 38.8 Å². The summed E-state index contributed by atoms with van der Waals surface area (Å²) in [6, 6.07) is 10.4. The lowest BCUT2D eigenvalue weighted by Gasteiger charge is -2.33. The summed E-state index contributed by atoms with van der Waals surface area (Å²) >= 11 is 0. The highest BCUT2D eigenvalue weighted by molar-refractivity contribution is 14.0. The predicted octanol–water partition coefficient (Wildman–Crippen LogP) is 3.52. The van der Waals surface area contributed by atoms with Crippen molar-refractivity contribution in [1.29, 1.82) is 0 Å². The SMILES string of the molecule is CCNC(=NCc1coc(-c2ccccc2)n1)NC1CCN(CCCOC)CC1.I. The molecule has 1 fully saturated rings. The zero-order valence-corrected chi connectivity index (χ0v) is 20.3. The molecule has 3 rings (SSSR count). The molecule has 0 atom stereocenters. The second kappa shape index (κ2) is 13.6. The predicted molar refractivity (Wildman–Crippen MR) is 131 cm³/mol. The molecule has 0 amide bonds. The van der Waals surface area contributed by atoms with E-state index in [0.717, 1.165) is 69.3 Å². The van der Waals surface area contributed by atoms with Gasteiger partial charge < -0.3 is 24.7 Å². The van der Waals surface area contributed by atoms with Crippen LogP contribution in [-0.4, -0.2) is 61.8 Å². The molecule has 0 spiro atoms. The first kappa shape index (κ1) is 24.6. The third-order valence-corrected chi connectivity index (χ3v) is 5.07. The Labute approximate surface area is 196 Å². The van der Waals surface area contributed by atoms with Crippen LogP contribution in [0.5, 0.6) is 0 Å². The molecule has 0 unspecified atom stereocenters. The highest BCUT2D eigenvalue weighted by Gasteiger charge is 2.19. The van der Waals surface area contributed by atoms with Gasteiger partial charge in [-0.3, -0.25) is 0 Å². The van der Waals surface area contributed by atoms with E-state index in [4.69, 9.17) is 14.1 Å². The first-order chi connectivity index (χ1) is 14.3. The van der Waals surface area contributed by atoms with Gasteiger partial charge in [-0.05, 0) is 38.3 Å². The summed E-state index contributed by atoms with van der Waals surface area (Å²) in [5.41, 5.74) is 1.80. The quantitative estimate of drug-likeness (QED) is 0.225. The molecule has 166 valence electrons. The maximum Gasteiger partial charge on any atom is 0.226 e. The molecule has 2 heterocycles. The number of hydrogen-bond acceptors (Lipinski definition) is 5. The number of methoxy groups -OCH3 is 1. The number of hydrogen-bond donors (Lipinski definition) is 2. The van der Waals surface area contributed by atoms with Gasteiger partial charge in [0.2, 0.25) is 5.89 Å². The van der Waals surface area contributed by atoms with Gasteiger partial charge in [-0.1, -0.05) is 18.2 Å². The molecule has 1 aliphatic rings. The number of rotatable bonds is 9. The fourth-order valence-corrected chi connectivity index (χ4v) is 3.50. The number of nitrogens with zero attached hydrogens (tertiary/aromatic N) is 3. The van der Waals surface area contributed by atoms with Gasteiger partial charge in [0, 0.05) is 51.5 Å². The molecule has 1 aromatic heterocycles. The van der Waals surface area contributed by atoms with Crippen LogP contribution in [0.1, 0.15) is 31.9 Å². The fourth-order valence-electron chi connectivity index (χ4n) is 3.50. The first-order valence-corrected chi connectivity index (χ1v) is 10.5. The van der Waals surface area contributed by atoms with E-state index < -0.39 is 0 Å². The number of aromatic nitrogens is 1. The van der Waals surface area contributed by atoms with Crippen molar-refractivity contribution >= 4 is 29.9 Å². The van der Waals surface area contributed by atoms with Gasteiger partial charge in [0.05, 0.1) is 6.54 Å². The number of likely N-dealkylation sites (tertiary alicyclic amines) is 1. The summed E-state index contributed by atoms with van der Waals surface area (Å²) in [7, 11) is 1.76. The third-order valence-electron chi connectivity index (χ3n) is 5.07. The number of benzene rings is 1. The Hall–Kier alpha value is -1.65. The first-order valence-electron chi connectivity index (χ1n) is 10.5. The number of guanidine groups is 1. The van der Waals surface area contributed by atoms with E-state index >= 15 is 0 Å².